The van der Waals surface area contributed by atoms with Gasteiger partial charge >= 0.3 is 5.97 Å². The van der Waals surface area contributed by atoms with E-state index in [4.69, 9.17) is 5.11 Å². The largest absolute Gasteiger partial charge is 0.478 e. The molecule has 1 rings (SSSR count). The van der Waals surface area contributed by atoms with Crippen LogP contribution >= 0.6 is 27.7 Å². The Hall–Kier alpha value is -0.880. The summed E-state index contributed by atoms with van der Waals surface area (Å²) in [4.78, 5) is 19.3. The maximum absolute atomic E-state index is 11.1. The molecule has 0 aliphatic carbocycles. The number of hydrogen-bond acceptors (Lipinski definition) is 4. The van der Waals surface area contributed by atoms with Gasteiger partial charge in [-0.15, -0.1) is 11.8 Å². The Kier molecular flexibility index (Phi) is 4.49. The van der Waals surface area contributed by atoms with E-state index in [0.717, 1.165) is 4.48 Å². The monoisotopic (exact) mass is 302 g/mol. The van der Waals surface area contributed by atoms with Crippen molar-refractivity contribution in [2.24, 2.45) is 0 Å². The lowest BCUT2D eigenvalue weighted by Crippen LogP contribution is -2.08. The average Bonchev–Trinajstić information content (AvgIpc) is 2.12. The lowest BCUT2D eigenvalue weighted by molar-refractivity contribution is 0.0690. The molecule has 0 amide bonds. The molecule has 1 aromatic rings. The molecule has 1 aromatic heterocycles. The zero-order valence-electron chi connectivity index (χ0n) is 8.95. The van der Waals surface area contributed by atoms with Crippen LogP contribution in [-0.2, 0) is 0 Å². The molecule has 0 unspecified atom stereocenters. The molecule has 1 N–H and O–H groups in total. The van der Waals surface area contributed by atoms with Gasteiger partial charge in [-0.1, -0.05) is 22.5 Å². The smallest absolute Gasteiger partial charge is 0.340 e. The van der Waals surface area contributed by atoms with E-state index in [0.29, 0.717) is 22.3 Å². The summed E-state index contributed by atoms with van der Waals surface area (Å²) in [6.07, 6.45) is 0. The van der Waals surface area contributed by atoms with Crippen molar-refractivity contribution in [1.29, 1.82) is 0 Å². The summed E-state index contributed by atoms with van der Waals surface area (Å²) >= 11 is 4.56. The number of aryl methyl sites for hydroxylation is 2. The SMILES string of the molecule is C=C(Br)CSc1nc(C)nc(C)c1C(=O)O. The number of hydrogen-bond donors (Lipinski definition) is 1. The first-order valence-electron chi connectivity index (χ1n) is 4.46. The Bertz CT molecular complexity index is 449. The van der Waals surface area contributed by atoms with Crippen molar-refractivity contribution >= 4 is 33.7 Å². The number of aromatic carboxylic acids is 1. The van der Waals surface area contributed by atoms with Crippen LogP contribution in [0, 0.1) is 13.8 Å². The van der Waals surface area contributed by atoms with E-state index in [9.17, 15) is 4.79 Å². The molecule has 0 saturated heterocycles. The van der Waals surface area contributed by atoms with Crippen LogP contribution in [0.1, 0.15) is 21.9 Å². The minimum atomic E-state index is -1.000. The topological polar surface area (TPSA) is 63.1 Å². The molecule has 0 aromatic carbocycles. The fourth-order valence-electron chi connectivity index (χ4n) is 1.18. The van der Waals surface area contributed by atoms with Crippen LogP contribution in [0.25, 0.3) is 0 Å². The molecule has 0 spiro atoms. The zero-order valence-corrected chi connectivity index (χ0v) is 11.4. The summed E-state index contributed by atoms with van der Waals surface area (Å²) < 4.78 is 0.794. The highest BCUT2D eigenvalue weighted by molar-refractivity contribution is 9.11. The molecule has 0 radical (unpaired) electrons. The lowest BCUT2D eigenvalue weighted by Gasteiger charge is -2.07. The third-order valence-corrected chi connectivity index (χ3v) is 3.46. The van der Waals surface area contributed by atoms with E-state index in [1.165, 1.54) is 11.8 Å². The van der Waals surface area contributed by atoms with Crippen molar-refractivity contribution in [3.8, 4) is 0 Å². The van der Waals surface area contributed by atoms with Crippen LogP contribution in [0.2, 0.25) is 0 Å². The third kappa shape index (κ3) is 3.31. The fourth-order valence-corrected chi connectivity index (χ4v) is 2.39. The highest BCUT2D eigenvalue weighted by Crippen LogP contribution is 2.25. The van der Waals surface area contributed by atoms with Gasteiger partial charge < -0.3 is 5.11 Å². The number of nitrogens with zero attached hydrogens (tertiary/aromatic N) is 2. The quantitative estimate of drug-likeness (QED) is 0.684. The van der Waals surface area contributed by atoms with Crippen molar-refractivity contribution < 1.29 is 9.90 Å². The zero-order chi connectivity index (χ0) is 12.3. The van der Waals surface area contributed by atoms with Crippen molar-refractivity contribution in [2.75, 3.05) is 5.75 Å². The van der Waals surface area contributed by atoms with Crippen LogP contribution < -0.4 is 0 Å². The van der Waals surface area contributed by atoms with Gasteiger partial charge in [0.1, 0.15) is 16.4 Å². The molecule has 16 heavy (non-hydrogen) atoms. The van der Waals surface area contributed by atoms with E-state index < -0.39 is 5.97 Å². The van der Waals surface area contributed by atoms with Gasteiger partial charge in [0.15, 0.2) is 0 Å². The Morgan fingerprint density at radius 3 is 2.62 bits per heavy atom. The maximum Gasteiger partial charge on any atom is 0.340 e. The minimum absolute atomic E-state index is 0.171. The lowest BCUT2D eigenvalue weighted by atomic mass is 10.2. The Morgan fingerprint density at radius 2 is 2.12 bits per heavy atom. The number of carboxylic acids is 1. The van der Waals surface area contributed by atoms with E-state index in [1.807, 2.05) is 0 Å². The first-order valence-corrected chi connectivity index (χ1v) is 6.24. The van der Waals surface area contributed by atoms with E-state index in [2.05, 4.69) is 32.5 Å². The van der Waals surface area contributed by atoms with Crippen molar-refractivity contribution in [3.05, 3.63) is 28.1 Å². The van der Waals surface area contributed by atoms with E-state index in [-0.39, 0.29) is 5.56 Å². The third-order valence-electron chi connectivity index (χ3n) is 1.75. The van der Waals surface area contributed by atoms with Crippen molar-refractivity contribution in [2.45, 2.75) is 18.9 Å². The molecule has 86 valence electrons. The summed E-state index contributed by atoms with van der Waals surface area (Å²) in [5.74, 6) is 0.154. The molecule has 1 heterocycles. The number of halogens is 1. The van der Waals surface area contributed by atoms with Gasteiger partial charge in [0.2, 0.25) is 0 Å². The summed E-state index contributed by atoms with van der Waals surface area (Å²) in [5, 5.41) is 9.56. The van der Waals surface area contributed by atoms with Crippen LogP contribution in [0.5, 0.6) is 0 Å². The van der Waals surface area contributed by atoms with Gasteiger partial charge in [-0.05, 0) is 18.3 Å². The second-order valence-electron chi connectivity index (χ2n) is 3.15. The number of thioether (sulfide) groups is 1. The molecule has 0 fully saturated rings. The Labute approximate surface area is 106 Å². The molecular formula is C10H11BrN2O2S. The number of carbonyl (C=O) groups is 1. The molecule has 6 heteroatoms. The van der Waals surface area contributed by atoms with E-state index in [1.54, 1.807) is 13.8 Å². The highest BCUT2D eigenvalue weighted by atomic mass is 79.9. The fraction of sp³-hybridized carbons (Fsp3) is 0.300. The molecule has 0 saturated carbocycles. The van der Waals surface area contributed by atoms with Crippen LogP contribution in [0.3, 0.4) is 0 Å². The number of rotatable bonds is 4. The van der Waals surface area contributed by atoms with E-state index >= 15 is 0 Å². The van der Waals surface area contributed by atoms with Gasteiger partial charge in [-0.2, -0.15) is 0 Å². The van der Waals surface area contributed by atoms with Gasteiger partial charge in [0.05, 0.1) is 5.69 Å². The van der Waals surface area contributed by atoms with Crippen molar-refractivity contribution in [1.82, 2.24) is 9.97 Å². The molecular weight excluding hydrogens is 292 g/mol. The Morgan fingerprint density at radius 1 is 1.50 bits per heavy atom. The number of aromatic nitrogens is 2. The Balaban J connectivity index is 3.13. The average molecular weight is 303 g/mol. The standard InChI is InChI=1S/C10H11BrN2O2S/c1-5(11)4-16-9-8(10(14)15)6(2)12-7(3)13-9/h1,4H2,2-3H3,(H,14,15). The minimum Gasteiger partial charge on any atom is -0.478 e. The van der Waals surface area contributed by atoms with Gasteiger partial charge in [-0.3, -0.25) is 0 Å². The predicted molar refractivity (Wildman–Crippen MR) is 67.3 cm³/mol. The first kappa shape index (κ1) is 13.2. The van der Waals surface area contributed by atoms with Gasteiger partial charge in [0, 0.05) is 5.75 Å². The van der Waals surface area contributed by atoms with Crippen molar-refractivity contribution in [3.63, 3.8) is 0 Å². The molecule has 0 bridgehead atoms. The predicted octanol–water partition coefficient (Wildman–Crippen LogP) is 2.79. The second kappa shape index (κ2) is 5.45. The maximum atomic E-state index is 11.1. The molecule has 0 atom stereocenters. The highest BCUT2D eigenvalue weighted by Gasteiger charge is 2.17. The molecule has 0 aliphatic rings. The summed E-state index contributed by atoms with van der Waals surface area (Å²) in [5.41, 5.74) is 0.659. The number of carboxylic acid groups (broad SMARTS) is 1. The van der Waals surface area contributed by atoms with Crippen LogP contribution in [0.4, 0.5) is 0 Å². The second-order valence-corrected chi connectivity index (χ2v) is 5.23. The van der Waals surface area contributed by atoms with Gasteiger partial charge in [-0.25, -0.2) is 14.8 Å². The molecule has 4 nitrogen and oxygen atoms in total. The summed E-state index contributed by atoms with van der Waals surface area (Å²) in [7, 11) is 0. The molecule has 0 aliphatic heterocycles. The summed E-state index contributed by atoms with van der Waals surface area (Å²) in [6, 6.07) is 0. The summed E-state index contributed by atoms with van der Waals surface area (Å²) in [6.45, 7) is 7.11. The normalized spacial score (nSPS) is 10.2. The van der Waals surface area contributed by atoms with Crippen LogP contribution in [-0.4, -0.2) is 26.8 Å². The first-order chi connectivity index (χ1) is 7.41. The van der Waals surface area contributed by atoms with Crippen LogP contribution in [0.15, 0.2) is 16.1 Å². The van der Waals surface area contributed by atoms with Gasteiger partial charge in [0.25, 0.3) is 0 Å².